The zero-order valence-electron chi connectivity index (χ0n) is 17.5. The first-order chi connectivity index (χ1) is 13.5. The molecular weight excluding hydrogens is 411 g/mol. The van der Waals surface area contributed by atoms with Gasteiger partial charge in [-0.3, -0.25) is 0 Å². The van der Waals surface area contributed by atoms with Gasteiger partial charge in [0.2, 0.25) is 5.69 Å². The fourth-order valence-electron chi connectivity index (χ4n) is 3.09. The Labute approximate surface area is 181 Å². The van der Waals surface area contributed by atoms with Crippen LogP contribution in [-0.2, 0) is 21.3 Å². The summed E-state index contributed by atoms with van der Waals surface area (Å²) in [5, 5.41) is 0. The minimum atomic E-state index is -3.03. The van der Waals surface area contributed by atoms with Crippen LogP contribution in [0.5, 0.6) is 0 Å². The molecule has 4 nitrogen and oxygen atoms in total. The lowest BCUT2D eigenvalue weighted by molar-refractivity contribution is -0.137. The average molecular weight is 453 g/mol. The molecule has 166 valence electrons. The van der Waals surface area contributed by atoms with Crippen LogP contribution in [0.25, 0.3) is 0 Å². The van der Waals surface area contributed by atoms with E-state index in [0.717, 1.165) is 36.4 Å². The summed E-state index contributed by atoms with van der Waals surface area (Å²) in [4.78, 5) is 29.1. The van der Waals surface area contributed by atoms with Crippen molar-refractivity contribution in [3.8, 4) is 0 Å². The highest BCUT2D eigenvalue weighted by Crippen LogP contribution is 2.50. The van der Waals surface area contributed by atoms with E-state index in [1.54, 1.807) is 0 Å². The lowest BCUT2D eigenvalue weighted by atomic mass is 10.0. The first kappa shape index (κ1) is 28.1. The van der Waals surface area contributed by atoms with Gasteiger partial charge in [-0.1, -0.05) is 108 Å². The summed E-state index contributed by atoms with van der Waals surface area (Å²) < 4.78 is 4.95. The van der Waals surface area contributed by atoms with Crippen molar-refractivity contribution >= 4 is 34.9 Å². The monoisotopic (exact) mass is 452 g/mol. The highest BCUT2D eigenvalue weighted by Gasteiger charge is 2.06. The van der Waals surface area contributed by atoms with E-state index in [4.69, 9.17) is 14.5 Å². The molecular formula is C21H41O4PS2. The largest absolute Gasteiger partial charge is 0.463 e. The van der Waals surface area contributed by atoms with Crippen LogP contribution < -0.4 is 0 Å². The lowest BCUT2D eigenvalue weighted by Gasteiger charge is -2.06. The molecule has 2 N–H and O–H groups in total. The fourth-order valence-corrected chi connectivity index (χ4v) is 5.44. The van der Waals surface area contributed by atoms with Crippen LogP contribution in [0.1, 0.15) is 103 Å². The Morgan fingerprint density at radius 1 is 0.786 bits per heavy atom. The van der Waals surface area contributed by atoms with E-state index < -0.39 is 5.69 Å². The van der Waals surface area contributed by atoms with Crippen molar-refractivity contribution in [1.29, 1.82) is 0 Å². The third-order valence-corrected chi connectivity index (χ3v) is 8.02. The Morgan fingerprint density at radius 3 is 1.50 bits per heavy atom. The van der Waals surface area contributed by atoms with Gasteiger partial charge in [0, 0.05) is 11.8 Å². The van der Waals surface area contributed by atoms with E-state index in [9.17, 15) is 4.79 Å². The van der Waals surface area contributed by atoms with Crippen molar-refractivity contribution < 1.29 is 19.3 Å². The first-order valence-electron chi connectivity index (χ1n) is 10.9. The molecule has 0 bridgehead atoms. The molecule has 0 saturated heterocycles. The van der Waals surface area contributed by atoms with Gasteiger partial charge < -0.3 is 14.5 Å². The molecule has 28 heavy (non-hydrogen) atoms. The molecule has 0 heterocycles. The van der Waals surface area contributed by atoms with Crippen LogP contribution in [-0.4, -0.2) is 28.1 Å². The number of esters is 1. The van der Waals surface area contributed by atoms with Crippen LogP contribution in [0.15, 0.2) is 12.7 Å². The van der Waals surface area contributed by atoms with E-state index in [-0.39, 0.29) is 5.97 Å². The van der Waals surface area contributed by atoms with E-state index in [1.165, 1.54) is 89.5 Å². The molecule has 7 heteroatoms. The lowest BCUT2D eigenvalue weighted by Crippen LogP contribution is -2.01. The summed E-state index contributed by atoms with van der Waals surface area (Å²) in [5.41, 5.74) is -3.03. The normalized spacial score (nSPS) is 11.5. The second kappa shape index (κ2) is 20.4. The van der Waals surface area contributed by atoms with Crippen LogP contribution in [0.4, 0.5) is 0 Å². The van der Waals surface area contributed by atoms with Crippen molar-refractivity contribution in [1.82, 2.24) is 0 Å². The van der Waals surface area contributed by atoms with Gasteiger partial charge in [-0.25, -0.2) is 4.79 Å². The molecule has 0 saturated carbocycles. The third-order valence-electron chi connectivity index (χ3n) is 4.71. The smallest absolute Gasteiger partial charge is 0.330 e. The molecule has 0 rings (SSSR count). The maximum Gasteiger partial charge on any atom is 0.330 e. The van der Waals surface area contributed by atoms with Crippen molar-refractivity contribution in [3.63, 3.8) is 0 Å². The van der Waals surface area contributed by atoms with Gasteiger partial charge in [-0.15, -0.1) is 0 Å². The van der Waals surface area contributed by atoms with E-state index in [2.05, 4.69) is 18.4 Å². The Kier molecular flexibility index (Phi) is 20.5. The topological polar surface area (TPSA) is 66.8 Å². The zero-order chi connectivity index (χ0) is 20.9. The van der Waals surface area contributed by atoms with Crippen LogP contribution in [0.2, 0.25) is 0 Å². The highest BCUT2D eigenvalue weighted by molar-refractivity contribution is 8.67. The van der Waals surface area contributed by atoms with E-state index in [0.29, 0.717) is 6.61 Å². The summed E-state index contributed by atoms with van der Waals surface area (Å²) in [6.45, 7) is 3.90. The minimum absolute atomic E-state index is 0.318. The standard InChI is InChI=1S/C21H41O4PS2/c1-2-21(22)25-19-17-15-13-11-9-7-5-3-4-6-8-10-12-14-16-18-20-28-26(23,24)27/h2H,1,3-20H2,(H2,23,24,27). The van der Waals surface area contributed by atoms with Crippen molar-refractivity contribution in [3.05, 3.63) is 12.7 Å². The number of hydrogen-bond donors (Lipinski definition) is 2. The number of unbranched alkanes of at least 4 members (excludes halogenated alkanes) is 15. The van der Waals surface area contributed by atoms with Gasteiger partial charge in [-0.05, 0) is 24.6 Å². The summed E-state index contributed by atoms with van der Waals surface area (Å²) in [5.74, 6) is 0.456. The maximum absolute atomic E-state index is 10.9. The van der Waals surface area contributed by atoms with Crippen molar-refractivity contribution in [2.24, 2.45) is 0 Å². The van der Waals surface area contributed by atoms with Gasteiger partial charge in [0.1, 0.15) is 0 Å². The molecule has 0 fully saturated rings. The average Bonchev–Trinajstić information content (AvgIpc) is 2.65. The maximum atomic E-state index is 10.9. The first-order valence-corrected chi connectivity index (χ1v) is 15.2. The Morgan fingerprint density at radius 2 is 1.14 bits per heavy atom. The van der Waals surface area contributed by atoms with Crippen molar-refractivity contribution in [2.45, 2.75) is 103 Å². The molecule has 0 aromatic heterocycles. The summed E-state index contributed by atoms with van der Waals surface area (Å²) >= 11 is 5.73. The van der Waals surface area contributed by atoms with Crippen LogP contribution in [0.3, 0.4) is 0 Å². The summed E-state index contributed by atoms with van der Waals surface area (Å²) in [7, 11) is 0. The Balaban J connectivity index is 3.08. The second-order valence-electron chi connectivity index (χ2n) is 7.35. The molecule has 0 spiro atoms. The van der Waals surface area contributed by atoms with E-state index in [1.807, 2.05) is 0 Å². The van der Waals surface area contributed by atoms with Gasteiger partial charge in [0.25, 0.3) is 0 Å². The number of carbonyl (C=O) groups is 1. The molecule has 0 aromatic carbocycles. The van der Waals surface area contributed by atoms with Crippen molar-refractivity contribution in [2.75, 3.05) is 12.4 Å². The Bertz CT molecular complexity index is 427. The molecule has 0 radical (unpaired) electrons. The van der Waals surface area contributed by atoms with E-state index >= 15 is 0 Å². The fraction of sp³-hybridized carbons (Fsp3) is 0.857. The predicted octanol–water partition coefficient (Wildman–Crippen LogP) is 6.90. The van der Waals surface area contributed by atoms with Gasteiger partial charge in [0.15, 0.2) is 0 Å². The molecule has 0 unspecified atom stereocenters. The number of hydrogen-bond acceptors (Lipinski definition) is 4. The zero-order valence-corrected chi connectivity index (χ0v) is 20.0. The molecule has 0 aliphatic carbocycles. The molecule has 0 amide bonds. The highest BCUT2D eigenvalue weighted by atomic mass is 32.9. The summed E-state index contributed by atoms with van der Waals surface area (Å²) in [6, 6.07) is 0. The second-order valence-corrected chi connectivity index (χ2v) is 13.5. The SMILES string of the molecule is C=CC(=O)OCCCCCCCCCCCCCCCCCCSP(O)(O)=S. The molecule has 0 aromatic rings. The van der Waals surface area contributed by atoms with Crippen LogP contribution >= 0.6 is 17.1 Å². The number of ether oxygens (including phenoxy) is 1. The van der Waals surface area contributed by atoms with Gasteiger partial charge in [0.05, 0.1) is 6.61 Å². The van der Waals surface area contributed by atoms with Gasteiger partial charge in [-0.2, -0.15) is 0 Å². The summed E-state index contributed by atoms with van der Waals surface area (Å²) in [6.07, 6.45) is 21.4. The Hall–Kier alpha value is 0.130. The quantitative estimate of drug-likeness (QED) is 0.0854. The minimum Gasteiger partial charge on any atom is -0.463 e. The number of carbonyl (C=O) groups excluding carboxylic acids is 1. The predicted molar refractivity (Wildman–Crippen MR) is 126 cm³/mol. The molecule has 0 aliphatic rings. The molecule has 0 atom stereocenters. The van der Waals surface area contributed by atoms with Crippen LogP contribution in [0, 0.1) is 0 Å². The van der Waals surface area contributed by atoms with Gasteiger partial charge >= 0.3 is 5.97 Å². The number of rotatable bonds is 21. The third kappa shape index (κ3) is 24.2. The molecule has 0 aliphatic heterocycles.